The Labute approximate surface area is 185 Å². The number of ether oxygens (including phenoxy) is 2. The average molecular weight is 424 g/mol. The number of rotatable bonds is 7. The molecule has 0 bridgehead atoms. The molecule has 3 atom stereocenters. The molecule has 0 aliphatic heterocycles. The Hall–Kier alpha value is -2.82. The van der Waals surface area contributed by atoms with Gasteiger partial charge in [-0.15, -0.1) is 0 Å². The van der Waals surface area contributed by atoms with Gasteiger partial charge in [-0.25, -0.2) is 4.79 Å². The van der Waals surface area contributed by atoms with Crippen molar-refractivity contribution in [3.05, 3.63) is 65.7 Å². The van der Waals surface area contributed by atoms with Crippen molar-refractivity contribution in [1.82, 2.24) is 5.32 Å². The van der Waals surface area contributed by atoms with Crippen molar-refractivity contribution >= 4 is 11.9 Å². The maximum Gasteiger partial charge on any atom is 0.329 e. The standard InChI is InChI=1S/C26H33NO4/c1-18-14-22(17-26(2,3)16-18)31-25(29)23(15-19-10-12-21(30-4)13-11-19)27-24(28)20-8-6-5-7-9-20/h5-13,18,22-23H,14-17H2,1-4H3,(H,27,28). The summed E-state index contributed by atoms with van der Waals surface area (Å²) in [6.45, 7) is 6.64. The first kappa shape index (κ1) is 22.9. The highest BCUT2D eigenvalue weighted by Crippen LogP contribution is 2.39. The molecule has 5 heteroatoms. The minimum atomic E-state index is -0.763. The van der Waals surface area contributed by atoms with Gasteiger partial charge in [0.1, 0.15) is 17.9 Å². The van der Waals surface area contributed by atoms with Crippen LogP contribution in [-0.2, 0) is 16.0 Å². The quantitative estimate of drug-likeness (QED) is 0.650. The minimum absolute atomic E-state index is 0.127. The Morgan fingerprint density at radius 3 is 2.35 bits per heavy atom. The van der Waals surface area contributed by atoms with Crippen LogP contribution in [0.2, 0.25) is 0 Å². The van der Waals surface area contributed by atoms with Gasteiger partial charge in [0.05, 0.1) is 7.11 Å². The molecule has 0 radical (unpaired) electrons. The van der Waals surface area contributed by atoms with Crippen LogP contribution in [0.15, 0.2) is 54.6 Å². The molecule has 1 N–H and O–H groups in total. The molecule has 0 heterocycles. The van der Waals surface area contributed by atoms with Crippen LogP contribution < -0.4 is 10.1 Å². The van der Waals surface area contributed by atoms with Crippen molar-refractivity contribution in [2.45, 2.75) is 58.6 Å². The van der Waals surface area contributed by atoms with E-state index in [1.54, 1.807) is 31.4 Å². The zero-order valence-electron chi connectivity index (χ0n) is 18.9. The van der Waals surface area contributed by atoms with Crippen LogP contribution in [0.25, 0.3) is 0 Å². The number of esters is 1. The predicted octanol–water partition coefficient (Wildman–Crippen LogP) is 4.79. The number of amides is 1. The molecule has 0 spiro atoms. The van der Waals surface area contributed by atoms with Gasteiger partial charge in [0, 0.05) is 12.0 Å². The molecule has 166 valence electrons. The summed E-state index contributed by atoms with van der Waals surface area (Å²) in [4.78, 5) is 25.9. The summed E-state index contributed by atoms with van der Waals surface area (Å²) in [6.07, 6.45) is 3.05. The molecular weight excluding hydrogens is 390 g/mol. The highest BCUT2D eigenvalue weighted by molar-refractivity contribution is 5.96. The summed E-state index contributed by atoms with van der Waals surface area (Å²) in [5, 5.41) is 2.89. The normalized spacial score (nSPS) is 21.0. The lowest BCUT2D eigenvalue weighted by molar-refractivity contribution is -0.155. The maximum absolute atomic E-state index is 13.2. The molecule has 3 rings (SSSR count). The van der Waals surface area contributed by atoms with Crippen LogP contribution >= 0.6 is 0 Å². The monoisotopic (exact) mass is 423 g/mol. The lowest BCUT2D eigenvalue weighted by Crippen LogP contribution is -2.45. The van der Waals surface area contributed by atoms with E-state index in [1.165, 1.54) is 0 Å². The zero-order chi connectivity index (χ0) is 22.4. The van der Waals surface area contributed by atoms with E-state index in [4.69, 9.17) is 9.47 Å². The molecule has 5 nitrogen and oxygen atoms in total. The molecule has 31 heavy (non-hydrogen) atoms. The van der Waals surface area contributed by atoms with Crippen molar-refractivity contribution in [3.8, 4) is 5.75 Å². The van der Waals surface area contributed by atoms with Crippen molar-refractivity contribution in [1.29, 1.82) is 0 Å². The van der Waals surface area contributed by atoms with Gasteiger partial charge in [-0.1, -0.05) is 51.1 Å². The van der Waals surface area contributed by atoms with Crippen molar-refractivity contribution in [2.75, 3.05) is 7.11 Å². The van der Waals surface area contributed by atoms with Gasteiger partial charge in [-0.05, 0) is 60.4 Å². The van der Waals surface area contributed by atoms with E-state index in [1.807, 2.05) is 30.3 Å². The highest BCUT2D eigenvalue weighted by atomic mass is 16.5. The second-order valence-electron chi connectivity index (χ2n) is 9.42. The van der Waals surface area contributed by atoms with Crippen molar-refractivity contribution < 1.29 is 19.1 Å². The van der Waals surface area contributed by atoms with Crippen molar-refractivity contribution in [2.24, 2.45) is 11.3 Å². The second kappa shape index (κ2) is 9.99. The van der Waals surface area contributed by atoms with E-state index in [2.05, 4.69) is 26.1 Å². The van der Waals surface area contributed by atoms with Crippen LogP contribution in [0, 0.1) is 11.3 Å². The fourth-order valence-electron chi connectivity index (χ4n) is 4.62. The number of hydrogen-bond donors (Lipinski definition) is 1. The molecule has 3 unspecified atom stereocenters. The van der Waals surface area contributed by atoms with Gasteiger partial charge in [0.2, 0.25) is 0 Å². The van der Waals surface area contributed by atoms with Crippen LogP contribution in [0.3, 0.4) is 0 Å². The lowest BCUT2D eigenvalue weighted by atomic mass is 9.71. The summed E-state index contributed by atoms with van der Waals surface area (Å²) in [6, 6.07) is 15.7. The predicted molar refractivity (Wildman–Crippen MR) is 121 cm³/mol. The first-order chi connectivity index (χ1) is 14.8. The fraction of sp³-hybridized carbons (Fsp3) is 0.462. The van der Waals surface area contributed by atoms with E-state index in [0.29, 0.717) is 17.9 Å². The number of methoxy groups -OCH3 is 1. The molecule has 2 aromatic rings. The third-order valence-corrected chi connectivity index (χ3v) is 5.85. The maximum atomic E-state index is 13.2. The minimum Gasteiger partial charge on any atom is -0.497 e. The van der Waals surface area contributed by atoms with E-state index in [-0.39, 0.29) is 23.4 Å². The Morgan fingerprint density at radius 2 is 1.74 bits per heavy atom. The number of benzene rings is 2. The summed E-state index contributed by atoms with van der Waals surface area (Å²) in [7, 11) is 1.61. The van der Waals surface area contributed by atoms with Gasteiger partial charge in [-0.3, -0.25) is 4.79 Å². The largest absolute Gasteiger partial charge is 0.497 e. The molecule has 0 aromatic heterocycles. The number of hydrogen-bond acceptors (Lipinski definition) is 4. The Bertz CT molecular complexity index is 876. The zero-order valence-corrected chi connectivity index (χ0v) is 18.9. The molecule has 1 saturated carbocycles. The summed E-state index contributed by atoms with van der Waals surface area (Å²) < 4.78 is 11.1. The van der Waals surface area contributed by atoms with E-state index >= 15 is 0 Å². The molecule has 1 aliphatic carbocycles. The first-order valence-electron chi connectivity index (χ1n) is 10.9. The summed E-state index contributed by atoms with van der Waals surface area (Å²) in [5.41, 5.74) is 1.58. The van der Waals surface area contributed by atoms with Crippen LogP contribution in [0.5, 0.6) is 5.75 Å². The van der Waals surface area contributed by atoms with E-state index in [9.17, 15) is 9.59 Å². The van der Waals surface area contributed by atoms with Crippen LogP contribution in [-0.4, -0.2) is 31.1 Å². The molecule has 0 saturated heterocycles. The molecule has 1 fully saturated rings. The Morgan fingerprint density at radius 1 is 1.06 bits per heavy atom. The molecule has 1 aliphatic rings. The van der Waals surface area contributed by atoms with Gasteiger partial charge in [0.25, 0.3) is 5.91 Å². The fourth-order valence-corrected chi connectivity index (χ4v) is 4.62. The van der Waals surface area contributed by atoms with Gasteiger partial charge >= 0.3 is 5.97 Å². The van der Waals surface area contributed by atoms with E-state index in [0.717, 1.165) is 30.6 Å². The third kappa shape index (κ3) is 6.58. The Balaban J connectivity index is 1.74. The topological polar surface area (TPSA) is 64.6 Å². The lowest BCUT2D eigenvalue weighted by Gasteiger charge is -2.38. The van der Waals surface area contributed by atoms with Gasteiger partial charge in [-0.2, -0.15) is 0 Å². The van der Waals surface area contributed by atoms with Gasteiger partial charge in [0.15, 0.2) is 0 Å². The second-order valence-corrected chi connectivity index (χ2v) is 9.42. The Kier molecular flexibility index (Phi) is 7.37. The number of nitrogens with one attached hydrogen (secondary N) is 1. The first-order valence-corrected chi connectivity index (χ1v) is 10.9. The third-order valence-electron chi connectivity index (χ3n) is 5.85. The van der Waals surface area contributed by atoms with Gasteiger partial charge < -0.3 is 14.8 Å². The number of carbonyl (C=O) groups is 2. The SMILES string of the molecule is COc1ccc(CC(NC(=O)c2ccccc2)C(=O)OC2CC(C)CC(C)(C)C2)cc1. The molecular formula is C26H33NO4. The van der Waals surface area contributed by atoms with Crippen molar-refractivity contribution in [3.63, 3.8) is 0 Å². The summed E-state index contributed by atoms with van der Waals surface area (Å²) in [5.74, 6) is 0.582. The van der Waals surface area contributed by atoms with E-state index < -0.39 is 6.04 Å². The smallest absolute Gasteiger partial charge is 0.329 e. The average Bonchev–Trinajstić information content (AvgIpc) is 2.72. The number of carbonyl (C=O) groups excluding carboxylic acids is 2. The van der Waals surface area contributed by atoms with Crippen LogP contribution in [0.1, 0.15) is 56.0 Å². The van der Waals surface area contributed by atoms with Crippen LogP contribution in [0.4, 0.5) is 0 Å². The molecule has 2 aromatic carbocycles. The molecule has 1 amide bonds. The highest BCUT2D eigenvalue weighted by Gasteiger charge is 2.35. The summed E-state index contributed by atoms with van der Waals surface area (Å²) >= 11 is 0.